The number of aromatic hydroxyl groups is 2. The highest BCUT2D eigenvalue weighted by Gasteiger charge is 2.34. The van der Waals surface area contributed by atoms with Crippen molar-refractivity contribution in [1.82, 2.24) is 31.1 Å². The van der Waals surface area contributed by atoms with E-state index in [1.54, 1.807) is 0 Å². The fourth-order valence-corrected chi connectivity index (χ4v) is 7.49. The van der Waals surface area contributed by atoms with Crippen molar-refractivity contribution < 1.29 is 64.4 Å². The van der Waals surface area contributed by atoms with Crippen molar-refractivity contribution in [2.24, 2.45) is 5.92 Å². The lowest BCUT2D eigenvalue weighted by atomic mass is 9.93. The topological polar surface area (TPSA) is 303 Å². The molecular weight excluding hydrogens is 847 g/mol. The predicted octanol–water partition coefficient (Wildman–Crippen LogP) is 1.69. The quantitative estimate of drug-likeness (QED) is 0.0458. The van der Waals surface area contributed by atoms with Crippen molar-refractivity contribution in [2.45, 2.75) is 135 Å². The highest BCUT2D eigenvalue weighted by molar-refractivity contribution is 5.96. The van der Waals surface area contributed by atoms with Crippen molar-refractivity contribution in [1.29, 1.82) is 0 Å². The third-order valence-electron chi connectivity index (χ3n) is 11.9. The Hall–Kier alpha value is -5.83. The number of rotatable bonds is 22. The summed E-state index contributed by atoms with van der Waals surface area (Å²) in [6, 6.07) is -1.24. The first kappa shape index (κ1) is 53.5. The van der Waals surface area contributed by atoms with Crippen LogP contribution in [0.2, 0.25) is 0 Å². The number of nitrogens with zero attached hydrogens (tertiary/aromatic N) is 2. The molecule has 20 heteroatoms. The average molecular weight is 914 g/mol. The van der Waals surface area contributed by atoms with E-state index in [2.05, 4.69) is 35.1 Å². The second-order valence-corrected chi connectivity index (χ2v) is 16.9. The molecule has 1 aliphatic heterocycles. The third-order valence-corrected chi connectivity index (χ3v) is 11.9. The summed E-state index contributed by atoms with van der Waals surface area (Å²) in [5, 5.41) is 71.9. The van der Waals surface area contributed by atoms with Gasteiger partial charge < -0.3 is 56.7 Å². The highest BCUT2D eigenvalue weighted by Crippen LogP contribution is 2.41. The minimum atomic E-state index is -1.62. The molecule has 0 fully saturated rings. The maximum Gasteiger partial charge on any atom is 0.326 e. The average Bonchev–Trinajstić information content (AvgIpc) is 3.26. The van der Waals surface area contributed by atoms with E-state index < -0.39 is 108 Å². The van der Waals surface area contributed by atoms with Crippen molar-refractivity contribution in [3.05, 3.63) is 46.7 Å². The number of phenols is 2. The van der Waals surface area contributed by atoms with E-state index in [1.165, 1.54) is 78.2 Å². The minimum Gasteiger partial charge on any atom is -0.595 e. The molecule has 10 N–H and O–H groups in total. The van der Waals surface area contributed by atoms with Crippen LogP contribution in [0.5, 0.6) is 11.5 Å². The molecule has 0 aliphatic carbocycles. The first-order valence-electron chi connectivity index (χ1n) is 22.2. The van der Waals surface area contributed by atoms with Gasteiger partial charge in [0.1, 0.15) is 36.0 Å². The zero-order valence-electron chi connectivity index (χ0n) is 38.1. The van der Waals surface area contributed by atoms with Gasteiger partial charge >= 0.3 is 5.97 Å². The summed E-state index contributed by atoms with van der Waals surface area (Å²) >= 11 is 0. The number of aliphatic carboxylic acids is 1. The normalized spacial score (nSPS) is 18.1. The Labute approximate surface area is 379 Å². The second-order valence-electron chi connectivity index (χ2n) is 16.9. The lowest BCUT2D eigenvalue weighted by Crippen LogP contribution is -2.99. The monoisotopic (exact) mass is 913 g/mol. The number of nitrogens with one attached hydrogen (secondary N) is 5. The number of aliphatic hydroxyl groups is 1. The maximum absolute atomic E-state index is 13.9. The Morgan fingerprint density at radius 3 is 2.11 bits per heavy atom. The van der Waals surface area contributed by atoms with Gasteiger partial charge in [-0.1, -0.05) is 77.7 Å². The lowest BCUT2D eigenvalue weighted by Gasteiger charge is -2.30. The number of carboxylic acid groups (broad SMARTS) is 1. The predicted molar refractivity (Wildman–Crippen MR) is 237 cm³/mol. The third kappa shape index (κ3) is 15.4. The fourth-order valence-electron chi connectivity index (χ4n) is 7.49. The van der Waals surface area contributed by atoms with Crippen LogP contribution < -0.4 is 26.5 Å². The number of likely N-dealkylation sites (N-methyl/N-ethyl adjacent to an activating group) is 2. The number of carbonyl (C=O) groups excluding carboxylic acids is 6. The molecule has 4 bridgehead atoms. The Morgan fingerprint density at radius 1 is 0.877 bits per heavy atom. The molecule has 360 valence electrons. The molecule has 0 spiro atoms. The first-order valence-corrected chi connectivity index (χ1v) is 22.2. The van der Waals surface area contributed by atoms with Gasteiger partial charge in [-0.05, 0) is 55.5 Å². The number of phenolic OH excluding ortho intramolecular Hbond substituents is 2. The van der Waals surface area contributed by atoms with Crippen LogP contribution >= 0.6 is 0 Å². The van der Waals surface area contributed by atoms with Crippen LogP contribution in [-0.4, -0.2) is 128 Å². The Kier molecular flexibility index (Phi) is 21.1. The number of quaternary nitrogens is 1. The van der Waals surface area contributed by atoms with Gasteiger partial charge in [0.2, 0.25) is 41.1 Å². The molecule has 0 saturated heterocycles. The molecule has 1 heterocycles. The largest absolute Gasteiger partial charge is 0.595 e. The number of hydrogen-bond donors (Lipinski definition) is 10. The number of amides is 6. The van der Waals surface area contributed by atoms with Gasteiger partial charge in [0.25, 0.3) is 0 Å². The summed E-state index contributed by atoms with van der Waals surface area (Å²) in [5.41, 5.74) is -1.00. The van der Waals surface area contributed by atoms with E-state index >= 15 is 0 Å². The van der Waals surface area contributed by atoms with Gasteiger partial charge in [-0.3, -0.25) is 28.8 Å². The van der Waals surface area contributed by atoms with Crippen LogP contribution in [0.25, 0.3) is 11.1 Å². The van der Waals surface area contributed by atoms with Gasteiger partial charge in [-0.15, -0.1) is 0 Å². The molecule has 65 heavy (non-hydrogen) atoms. The summed E-state index contributed by atoms with van der Waals surface area (Å²) in [7, 11) is 2.61. The molecule has 6 amide bonds. The standard InChI is InChI=1S/C45H67N7O13/c1-7-26(2)16-14-12-10-8-9-11-13-15-17-37(55)50(5)35(25-53)43(60)47-27(3)41(58)46-24-38(56)51(6)39-30-18-19-36(54)31(23-30)32-20-29(22-34(40(32)57)52(64)65)21-33(45(62)63)49-42(59)28(4)48-44(39)61/h18-20,22-23,26-28,33,35,39,52-54,57,64H,7-17,21,24-25H2,1-6H3,(H,46,58)(H,47,60)(H,48,61)(H,49,59)(H,62,63)/t26?,27-,28+,33?,35-,39?/m1/s1. The van der Waals surface area contributed by atoms with Gasteiger partial charge in [0, 0.05) is 44.1 Å². The van der Waals surface area contributed by atoms with Crippen LogP contribution in [0.15, 0.2) is 30.3 Å². The number of hydrogen-bond acceptors (Lipinski definition) is 12. The number of carboxylic acids is 1. The highest BCUT2D eigenvalue weighted by atomic mass is 16.8. The maximum atomic E-state index is 13.9. The summed E-state index contributed by atoms with van der Waals surface area (Å²) in [6.45, 7) is 5.66. The number of aliphatic hydroxyl groups excluding tert-OH is 1. The minimum absolute atomic E-state index is 0.0137. The SMILES string of the molecule is CCC(C)CCCCCCCCCCC(=O)N(C)[C@H](CO)C(=O)N[C@H](C)C(=O)NCC(=O)N(C)C1C(=O)N[C@@H](C)C(=O)NC(C(=O)O)Cc2cc(c(O)c([NH+]([O-])O)c2)-c2cc1ccc2O. The van der Waals surface area contributed by atoms with Crippen LogP contribution in [0, 0.1) is 11.1 Å². The summed E-state index contributed by atoms with van der Waals surface area (Å²) < 4.78 is 0. The Bertz CT molecular complexity index is 2000. The van der Waals surface area contributed by atoms with Gasteiger partial charge in [0.15, 0.2) is 5.75 Å². The van der Waals surface area contributed by atoms with Gasteiger partial charge in [-0.2, -0.15) is 5.23 Å². The van der Waals surface area contributed by atoms with Crippen molar-refractivity contribution in [3.8, 4) is 22.6 Å². The van der Waals surface area contributed by atoms with Crippen molar-refractivity contribution >= 4 is 47.1 Å². The summed E-state index contributed by atoms with van der Waals surface area (Å²) in [6.07, 6.45) is 10.6. The smallest absolute Gasteiger partial charge is 0.326 e. The summed E-state index contributed by atoms with van der Waals surface area (Å²) in [5.74, 6) is -6.70. The van der Waals surface area contributed by atoms with E-state index in [1.807, 2.05) is 0 Å². The second kappa shape index (κ2) is 25.6. The van der Waals surface area contributed by atoms with Crippen LogP contribution in [0.3, 0.4) is 0 Å². The molecule has 1 aliphatic rings. The summed E-state index contributed by atoms with van der Waals surface area (Å²) in [4.78, 5) is 94.2. The molecule has 3 rings (SSSR count). The van der Waals surface area contributed by atoms with E-state index in [-0.39, 0.29) is 34.6 Å². The van der Waals surface area contributed by atoms with Crippen LogP contribution in [-0.2, 0) is 40.0 Å². The molecule has 0 aromatic heterocycles. The number of fused-ring (bicyclic) bond motifs is 5. The van der Waals surface area contributed by atoms with Crippen LogP contribution in [0.1, 0.15) is 115 Å². The number of unbranched alkanes of at least 4 members (excludes halogenated alkanes) is 7. The Balaban J connectivity index is 1.70. The van der Waals surface area contributed by atoms with Crippen LogP contribution in [0.4, 0.5) is 5.69 Å². The number of benzene rings is 2. The number of carbonyl (C=O) groups is 7. The van der Waals surface area contributed by atoms with E-state index in [9.17, 15) is 64.4 Å². The fraction of sp³-hybridized carbons (Fsp3) is 0.578. The van der Waals surface area contributed by atoms with E-state index in [0.29, 0.717) is 6.42 Å². The lowest BCUT2D eigenvalue weighted by molar-refractivity contribution is -0.991. The van der Waals surface area contributed by atoms with Gasteiger partial charge in [0.05, 0.1) is 13.2 Å². The first-order chi connectivity index (χ1) is 30.7. The van der Waals surface area contributed by atoms with E-state index in [0.717, 1.165) is 53.5 Å². The molecule has 7 atom stereocenters. The molecule has 2 aromatic carbocycles. The molecule has 0 saturated carbocycles. The zero-order valence-corrected chi connectivity index (χ0v) is 38.1. The van der Waals surface area contributed by atoms with Gasteiger partial charge in [-0.25, -0.2) is 10.0 Å². The molecule has 0 radical (unpaired) electrons. The van der Waals surface area contributed by atoms with Crippen molar-refractivity contribution in [3.63, 3.8) is 0 Å². The zero-order chi connectivity index (χ0) is 48.5. The molecular formula is C45H67N7O13. The van der Waals surface area contributed by atoms with E-state index in [4.69, 9.17) is 0 Å². The molecule has 2 aromatic rings. The molecule has 4 unspecified atom stereocenters. The molecule has 20 nitrogen and oxygen atoms in total. The Morgan fingerprint density at radius 2 is 1.51 bits per heavy atom. The van der Waals surface area contributed by atoms with Crippen molar-refractivity contribution in [2.75, 3.05) is 27.2 Å².